The molecule has 0 radical (unpaired) electrons. The molecule has 366 valence electrons. The summed E-state index contributed by atoms with van der Waals surface area (Å²) < 4.78 is 36.6. The molecule has 1 spiro atoms. The van der Waals surface area contributed by atoms with Crippen molar-refractivity contribution >= 4 is 46.7 Å². The molecule has 4 bridgehead atoms. The number of likely N-dealkylation sites (N-methyl/N-ethyl adjacent to an activating group) is 1. The summed E-state index contributed by atoms with van der Waals surface area (Å²) in [4.78, 5) is 66.1. The van der Waals surface area contributed by atoms with Gasteiger partial charge in [-0.15, -0.1) is 0 Å². The maximum absolute atomic E-state index is 15.9. The molecule has 1 N–H and O–H groups in total. The minimum atomic E-state index is -1.53. The number of imidazole rings is 1. The number of anilines is 1. The molecule has 1 amide bonds. The number of piperazine rings is 1. The first-order chi connectivity index (χ1) is 32.8. The van der Waals surface area contributed by atoms with E-state index in [-0.39, 0.29) is 36.9 Å². The molecular weight excluding hydrogens is 875 g/mol. The van der Waals surface area contributed by atoms with E-state index in [0.29, 0.717) is 72.2 Å². The van der Waals surface area contributed by atoms with Crippen molar-refractivity contribution in [3.05, 3.63) is 82.0 Å². The molecule has 3 saturated carbocycles. The highest BCUT2D eigenvalue weighted by atomic mass is 16.6. The second kappa shape index (κ2) is 17.0. The van der Waals surface area contributed by atoms with Crippen molar-refractivity contribution in [2.24, 2.45) is 17.8 Å². The van der Waals surface area contributed by atoms with Gasteiger partial charge in [-0.3, -0.25) is 14.4 Å². The average molecular weight is 942 g/mol. The zero-order valence-electron chi connectivity index (χ0n) is 41.8. The fourth-order valence-electron chi connectivity index (χ4n) is 13.0. The smallest absolute Gasteiger partial charge is 0.333 e. The average Bonchev–Trinajstić information content (AvgIpc) is 3.75. The standard InChI is InChI=1S/C55H67N5O9/c1-31(2)14-13-23-53(8)24-22-35-46(67-53)34(18-17-32(3)4)48-42(47(35)66-41(62)20-19-40(61)59-28-26-58(9)27-29-59)44-43-45(60-38-16-12-11-15-37(38)56-51(60)57-44)36-30-39-52(6,7)69-54(49(36)63,55(39,43)68-48)25-21-33(5)50(64)65-10/h11-12,14-17,21-22,24,36,39,43-45H,13,18-20,23,25-30H2,1-10H3,(H,56,57)/b33-21-. The van der Waals surface area contributed by atoms with E-state index >= 15 is 4.79 Å². The first-order valence-electron chi connectivity index (χ1n) is 24.8. The maximum atomic E-state index is 15.9. The number of esters is 2. The van der Waals surface area contributed by atoms with Crippen molar-refractivity contribution in [2.75, 3.05) is 45.7 Å². The van der Waals surface area contributed by atoms with Crippen LogP contribution in [0.4, 0.5) is 5.95 Å². The van der Waals surface area contributed by atoms with Crippen molar-refractivity contribution in [3.8, 4) is 17.2 Å². The number of ketones is 1. The Kier molecular flexibility index (Phi) is 11.6. The molecule has 3 aliphatic carbocycles. The number of benzene rings is 2. The van der Waals surface area contributed by atoms with Crippen LogP contribution in [0.2, 0.25) is 0 Å². The Morgan fingerprint density at radius 1 is 0.942 bits per heavy atom. The van der Waals surface area contributed by atoms with Gasteiger partial charge in [0.05, 0.1) is 53.4 Å². The van der Waals surface area contributed by atoms with Crippen LogP contribution in [0.25, 0.3) is 17.1 Å². The lowest BCUT2D eigenvalue weighted by Gasteiger charge is -2.67. The van der Waals surface area contributed by atoms with Crippen LogP contribution in [-0.4, -0.2) is 106 Å². The topological polar surface area (TPSA) is 151 Å². The number of amides is 1. The van der Waals surface area contributed by atoms with E-state index in [9.17, 15) is 14.4 Å². The monoisotopic (exact) mass is 941 g/mol. The molecule has 3 aromatic rings. The van der Waals surface area contributed by atoms with E-state index in [4.69, 9.17) is 28.7 Å². The number of fused-ring (bicyclic) bond motifs is 6. The van der Waals surface area contributed by atoms with Gasteiger partial charge in [-0.1, -0.05) is 41.5 Å². The zero-order valence-corrected chi connectivity index (χ0v) is 41.8. The number of carbonyl (C=O) groups is 4. The SMILES string of the molecule is COC(=O)/C(C)=C\CC12OC(C)(C)C3CC(C1=O)C1C4C(Nc5nc6ccccc6n51)c1c(OC(=O)CCC(=O)N5CCN(C)CC5)c5c(c(CC=C(C)C)c1OC432)OC(C)(CCC=C(C)C)C=C5. The normalized spacial score (nSPS) is 29.9. The lowest BCUT2D eigenvalue weighted by molar-refractivity contribution is -0.223. The number of nitrogens with one attached hydrogen (secondary N) is 1. The van der Waals surface area contributed by atoms with Gasteiger partial charge in [-0.2, -0.15) is 0 Å². The highest BCUT2D eigenvalue weighted by Gasteiger charge is 2.86. The summed E-state index contributed by atoms with van der Waals surface area (Å²) in [6.45, 7) is 18.9. The van der Waals surface area contributed by atoms with E-state index in [0.717, 1.165) is 41.7 Å². The van der Waals surface area contributed by atoms with Crippen molar-refractivity contribution in [2.45, 2.75) is 135 Å². The van der Waals surface area contributed by atoms with Crippen LogP contribution in [0.3, 0.4) is 0 Å². The van der Waals surface area contributed by atoms with Crippen molar-refractivity contribution < 1.29 is 42.9 Å². The summed E-state index contributed by atoms with van der Waals surface area (Å²) in [6, 6.07) is 6.92. The van der Waals surface area contributed by atoms with E-state index in [2.05, 4.69) is 81.5 Å². The molecular formula is C55H67N5O9. The number of hydrogen-bond donors (Lipinski definition) is 1. The van der Waals surface area contributed by atoms with Gasteiger partial charge in [0.15, 0.2) is 22.7 Å². The number of rotatable bonds is 12. The van der Waals surface area contributed by atoms with Gasteiger partial charge < -0.3 is 43.4 Å². The van der Waals surface area contributed by atoms with Crippen LogP contribution in [-0.2, 0) is 35.1 Å². The van der Waals surface area contributed by atoms with Gasteiger partial charge in [-0.25, -0.2) is 9.78 Å². The molecule has 2 saturated heterocycles. The predicted molar refractivity (Wildman–Crippen MR) is 262 cm³/mol. The number of carbonyl (C=O) groups excluding carboxylic acids is 4. The van der Waals surface area contributed by atoms with Gasteiger partial charge in [0, 0.05) is 67.9 Å². The van der Waals surface area contributed by atoms with E-state index in [1.165, 1.54) is 12.7 Å². The molecule has 6 heterocycles. The first-order valence-corrected chi connectivity index (χ1v) is 24.8. The third kappa shape index (κ3) is 7.36. The fourth-order valence-corrected chi connectivity index (χ4v) is 13.0. The number of ether oxygens (including phenoxy) is 5. The Bertz CT molecular complexity index is 2790. The fraction of sp³-hybridized carbons (Fsp3) is 0.545. The van der Waals surface area contributed by atoms with Gasteiger partial charge in [-0.05, 0) is 112 Å². The van der Waals surface area contributed by atoms with Crippen LogP contribution >= 0.6 is 0 Å². The van der Waals surface area contributed by atoms with Crippen molar-refractivity contribution in [1.29, 1.82) is 0 Å². The minimum Gasteiger partial charge on any atom is -0.482 e. The molecule has 5 aliphatic heterocycles. The Morgan fingerprint density at radius 3 is 2.41 bits per heavy atom. The zero-order chi connectivity index (χ0) is 48.9. The van der Waals surface area contributed by atoms with Crippen LogP contribution < -0.4 is 19.5 Å². The molecule has 2 aromatic carbocycles. The third-order valence-electron chi connectivity index (χ3n) is 16.2. The Labute approximate surface area is 405 Å². The molecule has 14 heteroatoms. The summed E-state index contributed by atoms with van der Waals surface area (Å²) in [6.07, 6.45) is 12.5. The van der Waals surface area contributed by atoms with Crippen LogP contribution in [0.5, 0.6) is 17.2 Å². The Hall–Kier alpha value is -5.73. The minimum absolute atomic E-state index is 0.00922. The number of Topliss-reactive ketones (excluding diaryl/α,β-unsaturated/α-hetero) is 1. The maximum Gasteiger partial charge on any atom is 0.333 e. The lowest BCUT2D eigenvalue weighted by atomic mass is 9.44. The number of hydrogen-bond acceptors (Lipinski definition) is 12. The Balaban J connectivity index is 1.21. The summed E-state index contributed by atoms with van der Waals surface area (Å²) in [5, 5.41) is 3.91. The molecule has 8 unspecified atom stereocenters. The summed E-state index contributed by atoms with van der Waals surface area (Å²) in [5.41, 5.74) is 1.94. The number of allylic oxidation sites excluding steroid dienone is 4. The number of nitrogens with zero attached hydrogens (tertiary/aromatic N) is 4. The predicted octanol–water partition coefficient (Wildman–Crippen LogP) is 8.65. The van der Waals surface area contributed by atoms with E-state index in [1.54, 1.807) is 13.0 Å². The lowest BCUT2D eigenvalue weighted by Crippen LogP contribution is -2.79. The first kappa shape index (κ1) is 47.0. The molecule has 5 fully saturated rings. The van der Waals surface area contributed by atoms with Gasteiger partial charge in [0.2, 0.25) is 11.9 Å². The number of para-hydroxylation sites is 2. The molecule has 11 rings (SSSR count). The van der Waals surface area contributed by atoms with Crippen LogP contribution in [0.1, 0.15) is 123 Å². The molecule has 8 atom stereocenters. The number of aromatic nitrogens is 2. The van der Waals surface area contributed by atoms with Crippen LogP contribution in [0.15, 0.2) is 65.3 Å². The van der Waals surface area contributed by atoms with Gasteiger partial charge in [0.1, 0.15) is 17.1 Å². The van der Waals surface area contributed by atoms with E-state index in [1.807, 2.05) is 42.3 Å². The van der Waals surface area contributed by atoms with Gasteiger partial charge >= 0.3 is 11.9 Å². The summed E-state index contributed by atoms with van der Waals surface area (Å²) in [7, 11) is 3.39. The highest BCUT2D eigenvalue weighted by Crippen LogP contribution is 2.76. The quantitative estimate of drug-likeness (QED) is 0.0802. The van der Waals surface area contributed by atoms with Crippen LogP contribution in [0, 0.1) is 17.8 Å². The third-order valence-corrected chi connectivity index (χ3v) is 16.2. The highest BCUT2D eigenvalue weighted by molar-refractivity contribution is 5.97. The molecule has 1 aromatic heterocycles. The second-order valence-corrected chi connectivity index (χ2v) is 21.7. The molecule has 69 heavy (non-hydrogen) atoms. The Morgan fingerprint density at radius 2 is 1.68 bits per heavy atom. The molecule has 14 nitrogen and oxygen atoms in total. The van der Waals surface area contributed by atoms with Gasteiger partial charge in [0.25, 0.3) is 0 Å². The largest absolute Gasteiger partial charge is 0.482 e. The van der Waals surface area contributed by atoms with Crippen molar-refractivity contribution in [1.82, 2.24) is 19.4 Å². The molecule has 8 aliphatic rings. The van der Waals surface area contributed by atoms with E-state index < -0.39 is 58.3 Å². The summed E-state index contributed by atoms with van der Waals surface area (Å²) in [5.74, 6) is -0.554. The summed E-state index contributed by atoms with van der Waals surface area (Å²) >= 11 is 0. The second-order valence-electron chi connectivity index (χ2n) is 21.7. The number of methoxy groups -OCH3 is 1. The van der Waals surface area contributed by atoms with Crippen molar-refractivity contribution in [3.63, 3.8) is 0 Å².